The second-order valence-corrected chi connectivity index (χ2v) is 8.56. The third-order valence-corrected chi connectivity index (χ3v) is 5.96. The van der Waals surface area contributed by atoms with Gasteiger partial charge in [0.2, 0.25) is 5.89 Å². The van der Waals surface area contributed by atoms with Gasteiger partial charge in [-0.05, 0) is 49.4 Å². The van der Waals surface area contributed by atoms with Crippen molar-refractivity contribution >= 4 is 38.4 Å². The lowest BCUT2D eigenvalue weighted by Gasteiger charge is -2.11. The standard InChI is InChI=1S/C21H17ClN2O4S/c1-13-4-3-5-14(10-13)21-23-17-8-7-16(12-19(17)28-21)24-29(25,26)20-11-15(22)6-9-18(20)27-2/h3-12,24H,1-2H3. The molecule has 0 atom stereocenters. The molecule has 0 fully saturated rings. The number of halogens is 1. The van der Waals surface area contributed by atoms with E-state index in [1.165, 1.54) is 19.2 Å². The van der Waals surface area contributed by atoms with Crippen molar-refractivity contribution in [3.63, 3.8) is 0 Å². The van der Waals surface area contributed by atoms with Gasteiger partial charge in [0.15, 0.2) is 5.58 Å². The number of methoxy groups -OCH3 is 1. The average molecular weight is 429 g/mol. The zero-order valence-electron chi connectivity index (χ0n) is 15.6. The Balaban J connectivity index is 1.69. The van der Waals surface area contributed by atoms with Gasteiger partial charge in [-0.3, -0.25) is 4.72 Å². The second kappa shape index (κ2) is 7.42. The molecular weight excluding hydrogens is 412 g/mol. The van der Waals surface area contributed by atoms with Crippen LogP contribution in [0.15, 0.2) is 70.0 Å². The molecule has 0 aliphatic carbocycles. The maximum absolute atomic E-state index is 12.8. The molecule has 0 saturated carbocycles. The summed E-state index contributed by atoms with van der Waals surface area (Å²) in [5, 5.41) is 0.291. The van der Waals surface area contributed by atoms with Crippen molar-refractivity contribution in [2.45, 2.75) is 11.8 Å². The van der Waals surface area contributed by atoms with Crippen LogP contribution < -0.4 is 9.46 Å². The SMILES string of the molecule is COc1ccc(Cl)cc1S(=O)(=O)Nc1ccc2nc(-c3cccc(C)c3)oc2c1. The fraction of sp³-hybridized carbons (Fsp3) is 0.0952. The largest absolute Gasteiger partial charge is 0.495 e. The normalized spacial score (nSPS) is 11.6. The summed E-state index contributed by atoms with van der Waals surface area (Å²) in [4.78, 5) is 4.43. The van der Waals surface area contributed by atoms with Gasteiger partial charge >= 0.3 is 0 Å². The molecule has 3 aromatic carbocycles. The number of anilines is 1. The van der Waals surface area contributed by atoms with Crippen molar-refractivity contribution in [3.8, 4) is 17.2 Å². The zero-order valence-corrected chi connectivity index (χ0v) is 17.2. The lowest BCUT2D eigenvalue weighted by atomic mass is 10.1. The number of sulfonamides is 1. The van der Waals surface area contributed by atoms with Crippen LogP contribution in [0.4, 0.5) is 5.69 Å². The number of fused-ring (bicyclic) bond motifs is 1. The summed E-state index contributed by atoms with van der Waals surface area (Å²) < 4.78 is 39.2. The van der Waals surface area contributed by atoms with E-state index in [2.05, 4.69) is 9.71 Å². The summed E-state index contributed by atoms with van der Waals surface area (Å²) in [6, 6.07) is 17.1. The van der Waals surface area contributed by atoms with Crippen molar-refractivity contribution in [3.05, 3.63) is 71.2 Å². The van der Waals surface area contributed by atoms with Gasteiger partial charge in [0.1, 0.15) is 16.2 Å². The van der Waals surface area contributed by atoms with Gasteiger partial charge in [0, 0.05) is 16.7 Å². The van der Waals surface area contributed by atoms with Crippen molar-refractivity contribution in [1.29, 1.82) is 0 Å². The predicted molar refractivity (Wildman–Crippen MR) is 113 cm³/mol. The van der Waals surface area contributed by atoms with E-state index >= 15 is 0 Å². The molecule has 1 aromatic heterocycles. The van der Waals surface area contributed by atoms with Crippen LogP contribution in [-0.2, 0) is 10.0 Å². The molecule has 0 radical (unpaired) electrons. The van der Waals surface area contributed by atoms with Gasteiger partial charge in [0.05, 0.1) is 12.8 Å². The highest BCUT2D eigenvalue weighted by Gasteiger charge is 2.21. The highest BCUT2D eigenvalue weighted by atomic mass is 35.5. The first-order valence-corrected chi connectivity index (χ1v) is 10.6. The topological polar surface area (TPSA) is 81.4 Å². The summed E-state index contributed by atoms with van der Waals surface area (Å²) in [5.74, 6) is 0.671. The number of nitrogens with zero attached hydrogens (tertiary/aromatic N) is 1. The van der Waals surface area contributed by atoms with Crippen LogP contribution in [0.3, 0.4) is 0 Å². The summed E-state index contributed by atoms with van der Waals surface area (Å²) >= 11 is 5.96. The summed E-state index contributed by atoms with van der Waals surface area (Å²) in [5.41, 5.74) is 3.39. The monoisotopic (exact) mass is 428 g/mol. The molecule has 0 aliphatic rings. The fourth-order valence-corrected chi connectivity index (χ4v) is 4.44. The van der Waals surface area contributed by atoms with Gasteiger partial charge in [-0.1, -0.05) is 29.3 Å². The van der Waals surface area contributed by atoms with Crippen LogP contribution in [0.1, 0.15) is 5.56 Å². The molecular formula is C21H17ClN2O4S. The molecule has 0 unspecified atom stereocenters. The van der Waals surface area contributed by atoms with E-state index in [-0.39, 0.29) is 10.6 Å². The number of aryl methyl sites for hydroxylation is 1. The minimum Gasteiger partial charge on any atom is -0.495 e. The molecule has 1 heterocycles. The average Bonchev–Trinajstić information content (AvgIpc) is 3.11. The van der Waals surface area contributed by atoms with E-state index in [1.54, 1.807) is 24.3 Å². The van der Waals surface area contributed by atoms with Gasteiger partial charge < -0.3 is 9.15 Å². The van der Waals surface area contributed by atoms with Gasteiger partial charge in [0.25, 0.3) is 10.0 Å². The van der Waals surface area contributed by atoms with Gasteiger partial charge in [-0.15, -0.1) is 0 Å². The van der Waals surface area contributed by atoms with Gasteiger partial charge in [-0.2, -0.15) is 0 Å². The van der Waals surface area contributed by atoms with Crippen LogP contribution in [0.5, 0.6) is 5.75 Å². The molecule has 0 spiro atoms. The highest BCUT2D eigenvalue weighted by molar-refractivity contribution is 7.92. The highest BCUT2D eigenvalue weighted by Crippen LogP contribution is 2.31. The molecule has 29 heavy (non-hydrogen) atoms. The number of ether oxygens (including phenoxy) is 1. The summed E-state index contributed by atoms with van der Waals surface area (Å²) in [6.07, 6.45) is 0. The number of oxazole rings is 1. The van der Waals surface area contributed by atoms with Crippen LogP contribution in [0.2, 0.25) is 5.02 Å². The second-order valence-electron chi connectivity index (χ2n) is 6.47. The predicted octanol–water partition coefficient (Wildman–Crippen LogP) is 5.27. The minimum atomic E-state index is -3.92. The van der Waals surface area contributed by atoms with E-state index in [0.717, 1.165) is 11.1 Å². The van der Waals surface area contributed by atoms with Crippen molar-refractivity contribution < 1.29 is 17.6 Å². The quantitative estimate of drug-likeness (QED) is 0.468. The molecule has 4 rings (SSSR count). The number of aromatic nitrogens is 1. The molecule has 4 aromatic rings. The Morgan fingerprint density at radius 1 is 1.07 bits per heavy atom. The minimum absolute atomic E-state index is 0.0504. The molecule has 1 N–H and O–H groups in total. The first-order chi connectivity index (χ1) is 13.9. The molecule has 0 aliphatic heterocycles. The molecule has 0 saturated heterocycles. The lowest BCUT2D eigenvalue weighted by molar-refractivity contribution is 0.403. The van der Waals surface area contributed by atoms with Crippen LogP contribution in [0.25, 0.3) is 22.6 Å². The number of rotatable bonds is 5. The first kappa shape index (κ1) is 19.3. The Labute approximate surface area is 173 Å². The molecule has 148 valence electrons. The lowest BCUT2D eigenvalue weighted by Crippen LogP contribution is -2.14. The van der Waals surface area contributed by atoms with Crippen molar-refractivity contribution in [1.82, 2.24) is 4.98 Å². The van der Waals surface area contributed by atoms with Gasteiger partial charge in [-0.25, -0.2) is 13.4 Å². The number of benzene rings is 3. The van der Waals surface area contributed by atoms with Crippen LogP contribution in [0, 0.1) is 6.92 Å². The smallest absolute Gasteiger partial charge is 0.265 e. The number of nitrogens with one attached hydrogen (secondary N) is 1. The first-order valence-electron chi connectivity index (χ1n) is 8.70. The van der Waals surface area contributed by atoms with E-state index in [0.29, 0.717) is 27.7 Å². The van der Waals surface area contributed by atoms with Crippen molar-refractivity contribution in [2.75, 3.05) is 11.8 Å². The Morgan fingerprint density at radius 3 is 2.66 bits per heavy atom. The Kier molecular flexibility index (Phi) is 4.94. The third kappa shape index (κ3) is 3.92. The van der Waals surface area contributed by atoms with Crippen molar-refractivity contribution in [2.24, 2.45) is 0 Å². The Hall–Kier alpha value is -3.03. The Morgan fingerprint density at radius 2 is 1.90 bits per heavy atom. The van der Waals surface area contributed by atoms with E-state index in [9.17, 15) is 8.42 Å². The molecule has 0 amide bonds. The molecule has 6 nitrogen and oxygen atoms in total. The van der Waals surface area contributed by atoms with E-state index < -0.39 is 10.0 Å². The van der Waals surface area contributed by atoms with Crippen LogP contribution >= 0.6 is 11.6 Å². The summed E-state index contributed by atoms with van der Waals surface area (Å²) in [6.45, 7) is 1.99. The van der Waals surface area contributed by atoms with E-state index in [4.69, 9.17) is 20.8 Å². The maximum atomic E-state index is 12.8. The molecule has 8 heteroatoms. The fourth-order valence-electron chi connectivity index (χ4n) is 2.96. The Bertz CT molecular complexity index is 1320. The summed E-state index contributed by atoms with van der Waals surface area (Å²) in [7, 11) is -2.52. The number of hydrogen-bond donors (Lipinski definition) is 1. The maximum Gasteiger partial charge on any atom is 0.265 e. The zero-order chi connectivity index (χ0) is 20.6. The van der Waals surface area contributed by atoms with E-state index in [1.807, 2.05) is 31.2 Å². The van der Waals surface area contributed by atoms with Crippen LogP contribution in [-0.4, -0.2) is 20.5 Å². The third-order valence-electron chi connectivity index (χ3n) is 4.32. The number of hydrogen-bond acceptors (Lipinski definition) is 5. The molecule has 0 bridgehead atoms.